The Hall–Kier alpha value is -3.72. The van der Waals surface area contributed by atoms with Crippen LogP contribution in [0.5, 0.6) is 5.75 Å². The van der Waals surface area contributed by atoms with E-state index in [1.165, 1.54) is 0 Å². The van der Waals surface area contributed by atoms with Gasteiger partial charge in [0.2, 0.25) is 0 Å². The molecule has 1 radical (unpaired) electrons. The van der Waals surface area contributed by atoms with Crippen LogP contribution in [0.1, 0.15) is 49.3 Å². The second-order valence-corrected chi connectivity index (χ2v) is 9.62. The molecule has 2 heterocycles. The molecule has 0 spiro atoms. The van der Waals surface area contributed by atoms with Crippen LogP contribution in [0.2, 0.25) is 0 Å². The van der Waals surface area contributed by atoms with Gasteiger partial charge in [-0.2, -0.15) is 0 Å². The fraction of sp³-hybridized carbons (Fsp3) is 0.250. The van der Waals surface area contributed by atoms with Gasteiger partial charge in [0.15, 0.2) is 5.82 Å². The van der Waals surface area contributed by atoms with Crippen molar-refractivity contribution >= 4 is 29.6 Å². The van der Waals surface area contributed by atoms with Crippen molar-refractivity contribution in [2.75, 3.05) is 6.61 Å². The first-order valence-corrected chi connectivity index (χ1v) is 13.6. The quantitative estimate of drug-likeness (QED) is 0.227. The largest absolute Gasteiger partial charge is 0.494 e. The van der Waals surface area contributed by atoms with Gasteiger partial charge in [-0.3, -0.25) is 18.9 Å². The summed E-state index contributed by atoms with van der Waals surface area (Å²) in [6.45, 7) is 6.54. The first kappa shape index (κ1) is 30.2. The van der Waals surface area contributed by atoms with Crippen molar-refractivity contribution in [2.24, 2.45) is 0 Å². The van der Waals surface area contributed by atoms with Gasteiger partial charge >= 0.3 is 5.76 Å². The summed E-state index contributed by atoms with van der Waals surface area (Å²) in [4.78, 5) is 33.0. The number of hydrogen-bond donors (Lipinski definition) is 1. The van der Waals surface area contributed by atoms with E-state index < -0.39 is 5.76 Å². The van der Waals surface area contributed by atoms with Gasteiger partial charge in [-0.15, -0.1) is 0 Å². The minimum absolute atomic E-state index is 0. The molecule has 0 amide bonds. The van der Waals surface area contributed by atoms with Gasteiger partial charge in [-0.05, 0) is 67.6 Å². The zero-order valence-electron chi connectivity index (χ0n) is 23.9. The van der Waals surface area contributed by atoms with E-state index in [2.05, 4.69) is 17.1 Å². The monoisotopic (exact) mass is 559 g/mol. The molecule has 8 nitrogen and oxygen atoms in total. The molecule has 3 aromatic carbocycles. The van der Waals surface area contributed by atoms with E-state index in [-0.39, 0.29) is 35.1 Å². The van der Waals surface area contributed by atoms with Crippen LogP contribution in [-0.2, 0) is 12.8 Å². The Balaban J connectivity index is 0.00000387. The number of hydrogen-bond acceptors (Lipinski definition) is 6. The van der Waals surface area contributed by atoms with Crippen LogP contribution in [-0.4, -0.2) is 55.9 Å². The van der Waals surface area contributed by atoms with E-state index in [9.17, 15) is 9.59 Å². The first-order valence-electron chi connectivity index (χ1n) is 13.6. The number of aromatic nitrogens is 4. The van der Waals surface area contributed by atoms with Crippen molar-refractivity contribution in [1.29, 1.82) is 0 Å². The summed E-state index contributed by atoms with van der Waals surface area (Å²) in [7, 11) is 0. The van der Waals surface area contributed by atoms with Crippen molar-refractivity contribution < 1.29 is 9.26 Å². The van der Waals surface area contributed by atoms with E-state index >= 15 is 0 Å². The summed E-state index contributed by atoms with van der Waals surface area (Å²) in [5.74, 6) is 1.22. The van der Waals surface area contributed by atoms with E-state index in [1.807, 2.05) is 86.6 Å². The molecule has 0 aliphatic heterocycles. The number of ether oxygens (including phenoxy) is 1. The molecule has 41 heavy (non-hydrogen) atoms. The summed E-state index contributed by atoms with van der Waals surface area (Å²) in [5.41, 5.74) is 5.93. The average molecular weight is 560 g/mol. The predicted molar refractivity (Wildman–Crippen MR) is 161 cm³/mol. The molecule has 5 rings (SSSR count). The van der Waals surface area contributed by atoms with Gasteiger partial charge in [0, 0.05) is 47.1 Å². The third-order valence-electron chi connectivity index (χ3n) is 6.87. The Morgan fingerprint density at radius 1 is 0.927 bits per heavy atom. The van der Waals surface area contributed by atoms with Crippen molar-refractivity contribution in [1.82, 2.24) is 19.7 Å². The molecular formula is C32H32N4NaO4. The zero-order chi connectivity index (χ0) is 28.1. The number of aromatic amines is 1. The topological polar surface area (TPSA) is 103 Å². The van der Waals surface area contributed by atoms with E-state index in [4.69, 9.17) is 14.2 Å². The zero-order valence-corrected chi connectivity index (χ0v) is 25.9. The number of benzene rings is 3. The number of nitrogens with one attached hydrogen (secondary N) is 1. The van der Waals surface area contributed by atoms with Crippen LogP contribution >= 0.6 is 0 Å². The molecular weight excluding hydrogens is 527 g/mol. The fourth-order valence-corrected chi connectivity index (χ4v) is 4.90. The minimum Gasteiger partial charge on any atom is -0.494 e. The van der Waals surface area contributed by atoms with E-state index in [0.29, 0.717) is 30.2 Å². The van der Waals surface area contributed by atoms with Crippen molar-refractivity contribution in [3.63, 3.8) is 0 Å². The standard InChI is InChI=1S/C32H32N4O4.Na/c1-4-6-11-29-28(31(37)36(21(3)33-29)24-16-18-25(19-17-24)39-5-2)20-22-12-14-23(15-13-22)26-9-7-8-10-27(26)30-34-32(38)40-35-30;/h7-10,12-19H,4-6,11,20H2,1-3H3,(H,34,35,38);. The van der Waals surface area contributed by atoms with Gasteiger partial charge in [0.05, 0.1) is 18.0 Å². The molecule has 0 fully saturated rings. The SMILES string of the molecule is CCCCc1nc(C)n(-c2ccc(OCC)cc2)c(=O)c1Cc1ccc(-c2ccccc2-c2noc(=O)[nH]2)cc1.[Na]. The van der Waals surface area contributed by atoms with Gasteiger partial charge in [0.25, 0.3) is 5.56 Å². The molecule has 0 unspecified atom stereocenters. The molecule has 0 bridgehead atoms. The summed E-state index contributed by atoms with van der Waals surface area (Å²) < 4.78 is 12.0. The normalized spacial score (nSPS) is 10.8. The van der Waals surface area contributed by atoms with Crippen LogP contribution in [0.3, 0.4) is 0 Å². The van der Waals surface area contributed by atoms with E-state index in [1.54, 1.807) is 4.57 Å². The van der Waals surface area contributed by atoms with Crippen molar-refractivity contribution in [2.45, 2.75) is 46.5 Å². The fourth-order valence-electron chi connectivity index (χ4n) is 4.90. The van der Waals surface area contributed by atoms with Gasteiger partial charge in [-0.25, -0.2) is 9.78 Å². The molecule has 0 saturated heterocycles. The molecule has 2 aromatic heterocycles. The van der Waals surface area contributed by atoms with Crippen LogP contribution < -0.4 is 16.1 Å². The Bertz CT molecular complexity index is 1720. The number of H-pyrrole nitrogens is 1. The Kier molecular flexibility index (Phi) is 10.2. The Morgan fingerprint density at radius 2 is 1.63 bits per heavy atom. The Labute approximate surface area is 260 Å². The predicted octanol–water partition coefficient (Wildman–Crippen LogP) is 5.50. The first-order chi connectivity index (χ1) is 19.5. The Morgan fingerprint density at radius 3 is 2.27 bits per heavy atom. The van der Waals surface area contributed by atoms with Crippen molar-refractivity contribution in [3.8, 4) is 34.0 Å². The van der Waals surface area contributed by atoms with Gasteiger partial charge in [0.1, 0.15) is 11.6 Å². The molecule has 9 heteroatoms. The summed E-state index contributed by atoms with van der Waals surface area (Å²) in [5, 5.41) is 3.85. The number of unbranched alkanes of at least 4 members (excludes halogenated alkanes) is 1. The van der Waals surface area contributed by atoms with Gasteiger partial charge < -0.3 is 4.74 Å². The number of nitrogens with zero attached hydrogens (tertiary/aromatic N) is 3. The molecule has 0 aliphatic rings. The van der Waals surface area contributed by atoms with E-state index in [0.717, 1.165) is 58.6 Å². The number of rotatable bonds is 10. The third kappa shape index (κ3) is 6.78. The maximum atomic E-state index is 13.9. The second-order valence-electron chi connectivity index (χ2n) is 9.62. The van der Waals surface area contributed by atoms with Crippen LogP contribution in [0.25, 0.3) is 28.2 Å². The van der Waals surface area contributed by atoms with Crippen LogP contribution in [0, 0.1) is 6.92 Å². The minimum atomic E-state index is -0.596. The summed E-state index contributed by atoms with van der Waals surface area (Å²) >= 11 is 0. The molecule has 1 N–H and O–H groups in total. The van der Waals surface area contributed by atoms with Crippen LogP contribution in [0.4, 0.5) is 0 Å². The van der Waals surface area contributed by atoms with Crippen LogP contribution in [0.15, 0.2) is 86.9 Å². The average Bonchev–Trinajstić information content (AvgIpc) is 3.41. The second kappa shape index (κ2) is 13.8. The van der Waals surface area contributed by atoms with Crippen molar-refractivity contribution in [3.05, 3.63) is 116 Å². The third-order valence-corrected chi connectivity index (χ3v) is 6.87. The van der Waals surface area contributed by atoms with Gasteiger partial charge in [-0.1, -0.05) is 67.0 Å². The number of aryl methyl sites for hydroxylation is 2. The molecule has 5 aromatic rings. The maximum absolute atomic E-state index is 13.9. The maximum Gasteiger partial charge on any atom is 0.439 e. The summed E-state index contributed by atoms with van der Waals surface area (Å²) in [6.07, 6.45) is 3.22. The summed E-state index contributed by atoms with van der Waals surface area (Å²) in [6, 6.07) is 23.3. The molecule has 0 atom stereocenters. The molecule has 0 saturated carbocycles. The smallest absolute Gasteiger partial charge is 0.439 e. The molecule has 205 valence electrons. The molecule has 0 aliphatic carbocycles.